The fraction of sp³-hybridized carbons (Fsp3) is 0.955. The van der Waals surface area contributed by atoms with Gasteiger partial charge in [-0.05, 0) is 78.6 Å². The first-order chi connectivity index (χ1) is 24.4. The number of carbonyl (C=O) groups excluding carboxylic acids is 2. The normalized spacial score (nSPS) is 12.9. The summed E-state index contributed by atoms with van der Waals surface area (Å²) in [6, 6.07) is 0. The Bertz CT molecular complexity index is 677. The van der Waals surface area contributed by atoms with E-state index in [4.69, 9.17) is 9.47 Å². The standard InChI is InChI=1S/C44H88N2O4/c1-7-11-15-19-21-25-33-41(31-23-17-13-9-3)43(47)49-39-29-27-35-46(38-37-45(5)6)36-28-30-40-50-44(48)42(32-24-18-14-10-4)34-26-22-20-16-12-8-2/h41-42H,7-40H2,1-6H3. The molecule has 0 rings (SSSR count). The highest BCUT2D eigenvalue weighted by molar-refractivity contribution is 5.72. The molecule has 2 unspecified atom stereocenters. The number of ether oxygens (including phenoxy) is 2. The number of rotatable bonds is 39. The average Bonchev–Trinajstić information content (AvgIpc) is 3.10. The van der Waals surface area contributed by atoms with Gasteiger partial charge >= 0.3 is 11.9 Å². The van der Waals surface area contributed by atoms with E-state index in [2.05, 4.69) is 51.6 Å². The molecule has 0 aliphatic carbocycles. The maximum atomic E-state index is 13.0. The highest BCUT2D eigenvalue weighted by Gasteiger charge is 2.20. The summed E-state index contributed by atoms with van der Waals surface area (Å²) in [5, 5.41) is 0. The molecule has 2 atom stereocenters. The number of carbonyl (C=O) groups is 2. The molecule has 6 nitrogen and oxygen atoms in total. The van der Waals surface area contributed by atoms with Crippen LogP contribution in [0.3, 0.4) is 0 Å². The molecule has 0 bridgehead atoms. The zero-order valence-corrected chi connectivity index (χ0v) is 34.7. The molecule has 0 amide bonds. The van der Waals surface area contributed by atoms with E-state index < -0.39 is 0 Å². The summed E-state index contributed by atoms with van der Waals surface area (Å²) in [5.41, 5.74) is 0. The van der Waals surface area contributed by atoms with E-state index in [0.717, 1.165) is 103 Å². The molecule has 298 valence electrons. The average molecular weight is 709 g/mol. The highest BCUT2D eigenvalue weighted by atomic mass is 16.5. The van der Waals surface area contributed by atoms with E-state index in [1.807, 2.05) is 0 Å². The van der Waals surface area contributed by atoms with Crippen LogP contribution in [0.15, 0.2) is 0 Å². The van der Waals surface area contributed by atoms with Crippen molar-refractivity contribution >= 4 is 11.9 Å². The van der Waals surface area contributed by atoms with Crippen molar-refractivity contribution in [2.75, 3.05) is 53.5 Å². The summed E-state index contributed by atoms with van der Waals surface area (Å²) in [6.07, 6.45) is 32.7. The van der Waals surface area contributed by atoms with Gasteiger partial charge in [-0.15, -0.1) is 0 Å². The topological polar surface area (TPSA) is 59.1 Å². The Labute approximate surface area is 313 Å². The van der Waals surface area contributed by atoms with E-state index in [1.165, 1.54) is 103 Å². The third-order valence-electron chi connectivity index (χ3n) is 10.4. The molecule has 0 aromatic heterocycles. The number of hydrogen-bond donors (Lipinski definition) is 0. The van der Waals surface area contributed by atoms with E-state index >= 15 is 0 Å². The van der Waals surface area contributed by atoms with Crippen LogP contribution in [0.2, 0.25) is 0 Å². The molecule has 0 N–H and O–H groups in total. The maximum Gasteiger partial charge on any atom is 0.308 e. The van der Waals surface area contributed by atoms with E-state index in [0.29, 0.717) is 13.2 Å². The van der Waals surface area contributed by atoms with Crippen LogP contribution in [0.1, 0.15) is 207 Å². The van der Waals surface area contributed by atoms with Crippen molar-refractivity contribution in [2.24, 2.45) is 11.8 Å². The van der Waals surface area contributed by atoms with E-state index in [-0.39, 0.29) is 23.8 Å². The minimum atomic E-state index is 0.0456. The molecular weight excluding hydrogens is 620 g/mol. The van der Waals surface area contributed by atoms with E-state index in [9.17, 15) is 9.59 Å². The summed E-state index contributed by atoms with van der Waals surface area (Å²) < 4.78 is 11.7. The predicted molar refractivity (Wildman–Crippen MR) is 216 cm³/mol. The molecule has 0 aromatic carbocycles. The van der Waals surface area contributed by atoms with Crippen molar-refractivity contribution < 1.29 is 19.1 Å². The fourth-order valence-electron chi connectivity index (χ4n) is 6.87. The Morgan fingerprint density at radius 3 is 1.06 bits per heavy atom. The molecule has 0 heterocycles. The van der Waals surface area contributed by atoms with Gasteiger partial charge in [-0.3, -0.25) is 9.59 Å². The molecular formula is C44H88N2O4. The van der Waals surface area contributed by atoms with Crippen LogP contribution >= 0.6 is 0 Å². The minimum absolute atomic E-state index is 0.0456. The number of unbranched alkanes of at least 4 members (excludes halogenated alkanes) is 18. The number of likely N-dealkylation sites (N-methyl/N-ethyl adjacent to an activating group) is 1. The van der Waals surface area contributed by atoms with Gasteiger partial charge in [0.05, 0.1) is 25.0 Å². The lowest BCUT2D eigenvalue weighted by Gasteiger charge is -2.24. The first-order valence-electron chi connectivity index (χ1n) is 22.1. The van der Waals surface area contributed by atoms with Crippen LogP contribution in [0.25, 0.3) is 0 Å². The molecule has 0 saturated carbocycles. The molecule has 0 aliphatic heterocycles. The van der Waals surface area contributed by atoms with Gasteiger partial charge in [0.25, 0.3) is 0 Å². The summed E-state index contributed by atoms with van der Waals surface area (Å²) in [5.74, 6) is 0.250. The van der Waals surface area contributed by atoms with Crippen molar-refractivity contribution in [2.45, 2.75) is 207 Å². The van der Waals surface area contributed by atoms with Crippen molar-refractivity contribution in [3.63, 3.8) is 0 Å². The zero-order chi connectivity index (χ0) is 36.9. The molecule has 0 aromatic rings. The van der Waals surface area contributed by atoms with Crippen LogP contribution in [-0.2, 0) is 19.1 Å². The lowest BCUT2D eigenvalue weighted by Crippen LogP contribution is -2.33. The van der Waals surface area contributed by atoms with Crippen molar-refractivity contribution in [3.8, 4) is 0 Å². The van der Waals surface area contributed by atoms with Gasteiger partial charge in [0, 0.05) is 13.1 Å². The summed E-state index contributed by atoms with van der Waals surface area (Å²) in [7, 11) is 4.26. The Morgan fingerprint density at radius 2 is 0.720 bits per heavy atom. The smallest absolute Gasteiger partial charge is 0.308 e. The Hall–Kier alpha value is -1.14. The molecule has 0 saturated heterocycles. The lowest BCUT2D eigenvalue weighted by molar-refractivity contribution is -0.150. The van der Waals surface area contributed by atoms with Gasteiger partial charge in [-0.1, -0.05) is 156 Å². The first kappa shape index (κ1) is 48.9. The zero-order valence-electron chi connectivity index (χ0n) is 34.7. The summed E-state index contributed by atoms with van der Waals surface area (Å²) in [4.78, 5) is 30.9. The van der Waals surface area contributed by atoms with E-state index in [1.54, 1.807) is 0 Å². The van der Waals surface area contributed by atoms with Crippen LogP contribution in [0, 0.1) is 11.8 Å². The fourth-order valence-corrected chi connectivity index (χ4v) is 6.87. The number of esters is 2. The predicted octanol–water partition coefficient (Wildman–Crippen LogP) is 12.2. The monoisotopic (exact) mass is 709 g/mol. The van der Waals surface area contributed by atoms with Crippen molar-refractivity contribution in [1.29, 1.82) is 0 Å². The second kappa shape index (κ2) is 37.6. The Kier molecular flexibility index (Phi) is 36.8. The number of nitrogens with zero attached hydrogens (tertiary/aromatic N) is 2. The SMILES string of the molecule is CCCCCCCCC(CCCCCC)C(=O)OCCCCN(CCCCOC(=O)C(CCCCCC)CCCCCCCC)CCN(C)C. The summed E-state index contributed by atoms with van der Waals surface area (Å²) >= 11 is 0. The maximum absolute atomic E-state index is 13.0. The molecule has 0 aliphatic rings. The third-order valence-corrected chi connectivity index (χ3v) is 10.4. The van der Waals surface area contributed by atoms with Crippen LogP contribution in [0.4, 0.5) is 0 Å². The van der Waals surface area contributed by atoms with Gasteiger partial charge in [0.2, 0.25) is 0 Å². The lowest BCUT2D eigenvalue weighted by atomic mass is 9.94. The third kappa shape index (κ3) is 31.6. The van der Waals surface area contributed by atoms with Gasteiger partial charge < -0.3 is 19.3 Å². The van der Waals surface area contributed by atoms with Gasteiger partial charge in [-0.2, -0.15) is 0 Å². The van der Waals surface area contributed by atoms with Crippen molar-refractivity contribution in [3.05, 3.63) is 0 Å². The Morgan fingerprint density at radius 1 is 0.400 bits per heavy atom. The van der Waals surface area contributed by atoms with Gasteiger partial charge in [0.1, 0.15) is 0 Å². The molecule has 0 spiro atoms. The van der Waals surface area contributed by atoms with Gasteiger partial charge in [-0.25, -0.2) is 0 Å². The first-order valence-corrected chi connectivity index (χ1v) is 22.1. The van der Waals surface area contributed by atoms with Crippen LogP contribution in [-0.4, -0.2) is 75.2 Å². The van der Waals surface area contributed by atoms with Crippen LogP contribution in [0.5, 0.6) is 0 Å². The van der Waals surface area contributed by atoms with Crippen molar-refractivity contribution in [1.82, 2.24) is 9.80 Å². The number of hydrogen-bond acceptors (Lipinski definition) is 6. The molecule has 0 fully saturated rings. The van der Waals surface area contributed by atoms with Crippen LogP contribution < -0.4 is 0 Å². The largest absolute Gasteiger partial charge is 0.465 e. The molecule has 0 radical (unpaired) electrons. The highest BCUT2D eigenvalue weighted by Crippen LogP contribution is 2.22. The quantitative estimate of drug-likeness (QED) is 0.0468. The second-order valence-electron chi connectivity index (χ2n) is 15.6. The Balaban J connectivity index is 4.59. The molecule has 50 heavy (non-hydrogen) atoms. The summed E-state index contributed by atoms with van der Waals surface area (Å²) in [6.45, 7) is 14.2. The molecule has 6 heteroatoms. The van der Waals surface area contributed by atoms with Gasteiger partial charge in [0.15, 0.2) is 0 Å². The second-order valence-corrected chi connectivity index (χ2v) is 15.6. The minimum Gasteiger partial charge on any atom is -0.465 e.